The maximum absolute atomic E-state index is 13.1. The molecule has 0 amide bonds. The number of piperazine rings is 1. The number of fused-ring (bicyclic) bond motifs is 3. The first-order valence-corrected chi connectivity index (χ1v) is 11.8. The zero-order valence-electron chi connectivity index (χ0n) is 18.0. The number of ether oxygens (including phenoxy) is 1. The van der Waals surface area contributed by atoms with Crippen LogP contribution in [0.3, 0.4) is 0 Å². The van der Waals surface area contributed by atoms with Crippen molar-refractivity contribution in [2.75, 3.05) is 46.4 Å². The third-order valence-corrected chi connectivity index (χ3v) is 7.65. The largest absolute Gasteiger partial charge is 0.383 e. The molecule has 1 atom stereocenters. The highest BCUT2D eigenvalue weighted by Gasteiger charge is 2.30. The van der Waals surface area contributed by atoms with Crippen LogP contribution in [-0.2, 0) is 24.1 Å². The Kier molecular flexibility index (Phi) is 6.69. The number of rotatable bonds is 7. The van der Waals surface area contributed by atoms with Crippen LogP contribution in [0.15, 0.2) is 11.1 Å². The highest BCUT2D eigenvalue weighted by molar-refractivity contribution is 7.18. The zero-order valence-corrected chi connectivity index (χ0v) is 18.8. The van der Waals surface area contributed by atoms with Gasteiger partial charge in [-0.05, 0) is 37.2 Å². The van der Waals surface area contributed by atoms with Crippen LogP contribution in [-0.4, -0.2) is 71.8 Å². The summed E-state index contributed by atoms with van der Waals surface area (Å²) >= 11 is 1.75. The van der Waals surface area contributed by atoms with Gasteiger partial charge in [0.15, 0.2) is 0 Å². The van der Waals surface area contributed by atoms with Gasteiger partial charge in [0.1, 0.15) is 4.83 Å². The molecule has 29 heavy (non-hydrogen) atoms. The van der Waals surface area contributed by atoms with Gasteiger partial charge in [0.05, 0.1) is 18.3 Å². The van der Waals surface area contributed by atoms with Crippen LogP contribution in [0.1, 0.15) is 37.1 Å². The molecular formula is C22H34N4O2S. The quantitative estimate of drug-likeness (QED) is 0.692. The molecule has 1 unspecified atom stereocenters. The first kappa shape index (κ1) is 21.0. The van der Waals surface area contributed by atoms with Crippen molar-refractivity contribution in [2.24, 2.45) is 5.92 Å². The van der Waals surface area contributed by atoms with Crippen LogP contribution in [0.2, 0.25) is 0 Å². The standard InChI is InChI=1S/C22H34N4O2S/c1-16(2)6-7-26-15-23-21-20(22(26)27)18-5-4-17(14-19(18)29-21)25-10-8-24(9-11-25)12-13-28-3/h15-17H,4-14H2,1-3H3. The molecule has 0 bridgehead atoms. The molecule has 0 saturated carbocycles. The predicted molar refractivity (Wildman–Crippen MR) is 119 cm³/mol. The molecule has 1 aliphatic carbocycles. The van der Waals surface area contributed by atoms with Gasteiger partial charge in [0.2, 0.25) is 0 Å². The van der Waals surface area contributed by atoms with Gasteiger partial charge in [-0.1, -0.05) is 13.8 Å². The number of thiophene rings is 1. The minimum Gasteiger partial charge on any atom is -0.383 e. The molecule has 0 aromatic carbocycles. The second-order valence-electron chi connectivity index (χ2n) is 8.88. The monoisotopic (exact) mass is 418 g/mol. The van der Waals surface area contributed by atoms with Gasteiger partial charge < -0.3 is 4.74 Å². The van der Waals surface area contributed by atoms with Crippen LogP contribution in [0.25, 0.3) is 10.2 Å². The van der Waals surface area contributed by atoms with E-state index in [0.717, 1.165) is 81.8 Å². The lowest BCUT2D eigenvalue weighted by Crippen LogP contribution is -2.52. The van der Waals surface area contributed by atoms with Crippen molar-refractivity contribution < 1.29 is 4.74 Å². The van der Waals surface area contributed by atoms with Crippen molar-refractivity contribution in [1.29, 1.82) is 0 Å². The van der Waals surface area contributed by atoms with E-state index in [4.69, 9.17) is 4.74 Å². The van der Waals surface area contributed by atoms with Gasteiger partial charge in [-0.2, -0.15) is 0 Å². The first-order chi connectivity index (χ1) is 14.1. The number of hydrogen-bond donors (Lipinski definition) is 0. The third kappa shape index (κ3) is 4.58. The highest BCUT2D eigenvalue weighted by atomic mass is 32.1. The lowest BCUT2D eigenvalue weighted by Gasteiger charge is -2.40. The van der Waals surface area contributed by atoms with Crippen LogP contribution in [0.5, 0.6) is 0 Å². The number of hydrogen-bond acceptors (Lipinski definition) is 6. The highest BCUT2D eigenvalue weighted by Crippen LogP contribution is 2.35. The lowest BCUT2D eigenvalue weighted by molar-refractivity contribution is 0.0707. The minimum absolute atomic E-state index is 0.165. The second kappa shape index (κ2) is 9.25. The maximum Gasteiger partial charge on any atom is 0.262 e. The van der Waals surface area contributed by atoms with Crippen LogP contribution in [0, 0.1) is 5.92 Å². The van der Waals surface area contributed by atoms with E-state index in [-0.39, 0.29) is 5.56 Å². The Morgan fingerprint density at radius 1 is 1.24 bits per heavy atom. The van der Waals surface area contributed by atoms with E-state index >= 15 is 0 Å². The Hall–Kier alpha value is -1.28. The summed E-state index contributed by atoms with van der Waals surface area (Å²) < 4.78 is 7.03. The normalized spacial score (nSPS) is 21.2. The van der Waals surface area contributed by atoms with Crippen molar-refractivity contribution in [1.82, 2.24) is 19.4 Å². The van der Waals surface area contributed by atoms with E-state index in [1.807, 2.05) is 4.57 Å². The van der Waals surface area contributed by atoms with E-state index in [2.05, 4.69) is 28.6 Å². The average molecular weight is 419 g/mol. The molecule has 7 heteroatoms. The van der Waals surface area contributed by atoms with Crippen molar-refractivity contribution >= 4 is 21.6 Å². The van der Waals surface area contributed by atoms with Gasteiger partial charge in [-0.15, -0.1) is 11.3 Å². The molecule has 0 N–H and O–H groups in total. The summed E-state index contributed by atoms with van der Waals surface area (Å²) in [4.78, 5) is 25.2. The molecule has 1 saturated heterocycles. The molecule has 160 valence electrons. The molecule has 1 fully saturated rings. The Morgan fingerprint density at radius 3 is 2.76 bits per heavy atom. The van der Waals surface area contributed by atoms with Crippen molar-refractivity contribution in [3.05, 3.63) is 27.1 Å². The summed E-state index contributed by atoms with van der Waals surface area (Å²) in [5.74, 6) is 0.588. The molecule has 2 aromatic rings. The smallest absolute Gasteiger partial charge is 0.262 e. The molecular weight excluding hydrogens is 384 g/mol. The Labute approximate surface area is 177 Å². The molecule has 0 radical (unpaired) electrons. The SMILES string of the molecule is COCCN1CCN(C2CCc3c(sc4ncn(CCC(C)C)c(=O)c34)C2)CC1. The molecule has 1 aliphatic heterocycles. The maximum atomic E-state index is 13.1. The van der Waals surface area contributed by atoms with Gasteiger partial charge in [0.25, 0.3) is 5.56 Å². The molecule has 2 aromatic heterocycles. The fourth-order valence-electron chi connectivity index (χ4n) is 4.62. The van der Waals surface area contributed by atoms with Gasteiger partial charge >= 0.3 is 0 Å². The van der Waals surface area contributed by atoms with Crippen LogP contribution < -0.4 is 5.56 Å². The Bertz CT molecular complexity index is 883. The lowest BCUT2D eigenvalue weighted by atomic mass is 9.91. The molecule has 2 aliphatic rings. The van der Waals surface area contributed by atoms with Crippen molar-refractivity contribution in [3.8, 4) is 0 Å². The summed E-state index contributed by atoms with van der Waals surface area (Å²) in [6.45, 7) is 11.5. The minimum atomic E-state index is 0.165. The summed E-state index contributed by atoms with van der Waals surface area (Å²) in [6.07, 6.45) is 6.00. The number of aromatic nitrogens is 2. The zero-order chi connectivity index (χ0) is 20.4. The Balaban J connectivity index is 1.46. The fraction of sp³-hybridized carbons (Fsp3) is 0.727. The van der Waals surface area contributed by atoms with Crippen molar-refractivity contribution in [3.63, 3.8) is 0 Å². The Morgan fingerprint density at radius 2 is 2.03 bits per heavy atom. The average Bonchev–Trinajstić information content (AvgIpc) is 3.10. The summed E-state index contributed by atoms with van der Waals surface area (Å²) in [5.41, 5.74) is 1.45. The molecule has 0 spiro atoms. The van der Waals surface area contributed by atoms with E-state index in [1.54, 1.807) is 24.8 Å². The van der Waals surface area contributed by atoms with E-state index in [0.29, 0.717) is 12.0 Å². The predicted octanol–water partition coefficient (Wildman–Crippen LogP) is 2.63. The van der Waals surface area contributed by atoms with E-state index < -0.39 is 0 Å². The van der Waals surface area contributed by atoms with Crippen molar-refractivity contribution in [2.45, 2.75) is 52.1 Å². The van der Waals surface area contributed by atoms with Gasteiger partial charge in [-0.3, -0.25) is 19.2 Å². The summed E-state index contributed by atoms with van der Waals surface area (Å²) in [6, 6.07) is 0.600. The topological polar surface area (TPSA) is 50.6 Å². The third-order valence-electron chi connectivity index (χ3n) is 6.49. The number of nitrogens with zero attached hydrogens (tertiary/aromatic N) is 4. The second-order valence-corrected chi connectivity index (χ2v) is 9.96. The van der Waals surface area contributed by atoms with Gasteiger partial charge in [0, 0.05) is 57.3 Å². The van der Waals surface area contributed by atoms with Crippen LogP contribution >= 0.6 is 11.3 Å². The molecule has 3 heterocycles. The van der Waals surface area contributed by atoms with Gasteiger partial charge in [-0.25, -0.2) is 4.98 Å². The summed E-state index contributed by atoms with van der Waals surface area (Å²) in [5, 5.41) is 0.902. The van der Waals surface area contributed by atoms with E-state index in [1.165, 1.54) is 10.4 Å². The summed E-state index contributed by atoms with van der Waals surface area (Å²) in [7, 11) is 1.77. The number of methoxy groups -OCH3 is 1. The fourth-order valence-corrected chi connectivity index (χ4v) is 5.87. The van der Waals surface area contributed by atoms with E-state index in [9.17, 15) is 4.79 Å². The van der Waals surface area contributed by atoms with Crippen LogP contribution in [0.4, 0.5) is 0 Å². The molecule has 6 nitrogen and oxygen atoms in total. The molecule has 4 rings (SSSR count). The first-order valence-electron chi connectivity index (χ1n) is 11.0. The number of aryl methyl sites for hydroxylation is 2.